The highest BCUT2D eigenvalue weighted by Crippen LogP contribution is 2.43. The first kappa shape index (κ1) is 19.5. The minimum Gasteiger partial charge on any atom is -0.376 e. The SMILES string of the molecule is CO[Si](OC)(OC)C(C)(c1ccccc1)[Si](OC)(OC)OC. The predicted molar refractivity (Wildman–Crippen MR) is 87.4 cm³/mol. The Kier molecular flexibility index (Phi) is 6.90. The minimum absolute atomic E-state index is 0.836. The Balaban J connectivity index is 3.72. The van der Waals surface area contributed by atoms with Crippen molar-refractivity contribution in [3.05, 3.63) is 35.9 Å². The molecule has 22 heavy (non-hydrogen) atoms. The summed E-state index contributed by atoms with van der Waals surface area (Å²) in [5.74, 6) is 0. The van der Waals surface area contributed by atoms with Gasteiger partial charge in [0.05, 0.1) is 0 Å². The van der Waals surface area contributed by atoms with E-state index >= 15 is 0 Å². The number of hydrogen-bond acceptors (Lipinski definition) is 6. The third-order valence-electron chi connectivity index (χ3n) is 4.19. The van der Waals surface area contributed by atoms with Gasteiger partial charge in [-0.25, -0.2) is 0 Å². The molecule has 1 aromatic rings. The van der Waals surface area contributed by atoms with Gasteiger partial charge in [-0.2, -0.15) is 0 Å². The van der Waals surface area contributed by atoms with Crippen LogP contribution in [0.1, 0.15) is 12.5 Å². The van der Waals surface area contributed by atoms with E-state index in [1.165, 1.54) is 0 Å². The minimum atomic E-state index is -3.22. The number of hydrogen-bond donors (Lipinski definition) is 0. The molecule has 0 saturated heterocycles. The van der Waals surface area contributed by atoms with Crippen LogP contribution in [0.3, 0.4) is 0 Å². The van der Waals surface area contributed by atoms with Gasteiger partial charge >= 0.3 is 17.6 Å². The summed E-state index contributed by atoms with van der Waals surface area (Å²) in [7, 11) is 2.97. The molecule has 126 valence electrons. The number of benzene rings is 1. The van der Waals surface area contributed by atoms with E-state index in [0.29, 0.717) is 0 Å². The summed E-state index contributed by atoms with van der Waals surface area (Å²) in [6.07, 6.45) is 0. The molecule has 0 aromatic heterocycles. The zero-order valence-corrected chi connectivity index (χ0v) is 16.3. The van der Waals surface area contributed by atoms with Gasteiger partial charge < -0.3 is 26.6 Å². The zero-order chi connectivity index (χ0) is 16.9. The molecule has 0 amide bonds. The smallest absolute Gasteiger partial charge is 0.376 e. The quantitative estimate of drug-likeness (QED) is 0.635. The van der Waals surface area contributed by atoms with Crippen molar-refractivity contribution in [2.24, 2.45) is 0 Å². The molecule has 0 aliphatic heterocycles. The first-order chi connectivity index (χ1) is 10.5. The molecule has 0 heterocycles. The van der Waals surface area contributed by atoms with Crippen LogP contribution in [0.25, 0.3) is 0 Å². The zero-order valence-electron chi connectivity index (χ0n) is 14.3. The van der Waals surface area contributed by atoms with Crippen LogP contribution in [-0.2, 0) is 31.2 Å². The Bertz CT molecular complexity index is 411. The Morgan fingerprint density at radius 3 is 1.23 bits per heavy atom. The molecule has 0 radical (unpaired) electrons. The molecule has 1 aromatic carbocycles. The maximum Gasteiger partial charge on any atom is 0.515 e. The molecule has 0 fully saturated rings. The summed E-state index contributed by atoms with van der Waals surface area (Å²) >= 11 is 0. The van der Waals surface area contributed by atoms with Crippen LogP contribution in [-0.4, -0.2) is 60.3 Å². The summed E-state index contributed by atoms with van der Waals surface area (Å²) < 4.78 is 33.7. The first-order valence-corrected chi connectivity index (χ1v) is 10.3. The Morgan fingerprint density at radius 2 is 0.955 bits per heavy atom. The highest BCUT2D eigenvalue weighted by molar-refractivity contribution is 6.84. The summed E-state index contributed by atoms with van der Waals surface area (Å²) in [5.41, 5.74) is 0.921. The Hall–Kier alpha value is -0.586. The second-order valence-corrected chi connectivity index (χ2v) is 12.0. The van der Waals surface area contributed by atoms with Gasteiger partial charge in [0.25, 0.3) is 0 Å². The fourth-order valence-corrected chi connectivity index (χ4v) is 10.9. The van der Waals surface area contributed by atoms with Crippen LogP contribution in [0, 0.1) is 0 Å². The fraction of sp³-hybridized carbons (Fsp3) is 0.571. The van der Waals surface area contributed by atoms with Crippen molar-refractivity contribution in [2.45, 2.75) is 11.6 Å². The fourth-order valence-electron chi connectivity index (χ4n) is 3.04. The highest BCUT2D eigenvalue weighted by Gasteiger charge is 2.74. The van der Waals surface area contributed by atoms with E-state index in [1.807, 2.05) is 37.3 Å². The molecular formula is C14H26O6Si2. The third-order valence-corrected chi connectivity index (χ3v) is 12.3. The molecule has 0 bridgehead atoms. The Morgan fingerprint density at radius 1 is 0.636 bits per heavy atom. The maximum absolute atomic E-state index is 5.76. The lowest BCUT2D eigenvalue weighted by Crippen LogP contribution is -2.75. The van der Waals surface area contributed by atoms with E-state index in [-0.39, 0.29) is 0 Å². The lowest BCUT2D eigenvalue weighted by atomic mass is 10.1. The average Bonchev–Trinajstić information content (AvgIpc) is 2.59. The molecule has 0 unspecified atom stereocenters. The van der Waals surface area contributed by atoms with Gasteiger partial charge in [-0.05, 0) is 12.5 Å². The van der Waals surface area contributed by atoms with E-state index in [0.717, 1.165) is 5.56 Å². The van der Waals surface area contributed by atoms with Gasteiger partial charge in [0, 0.05) is 42.7 Å². The van der Waals surface area contributed by atoms with Gasteiger partial charge in [-0.3, -0.25) is 0 Å². The van der Waals surface area contributed by atoms with Crippen LogP contribution in [0.2, 0.25) is 0 Å². The normalized spacial score (nSPS) is 13.4. The largest absolute Gasteiger partial charge is 0.515 e. The van der Waals surface area contributed by atoms with Crippen molar-refractivity contribution < 1.29 is 26.6 Å². The van der Waals surface area contributed by atoms with Crippen LogP contribution in [0.15, 0.2) is 30.3 Å². The van der Waals surface area contributed by atoms with E-state index < -0.39 is 22.3 Å². The van der Waals surface area contributed by atoms with Gasteiger partial charge in [0.15, 0.2) is 0 Å². The van der Waals surface area contributed by atoms with E-state index in [4.69, 9.17) is 26.6 Å². The van der Waals surface area contributed by atoms with Crippen LogP contribution < -0.4 is 0 Å². The van der Waals surface area contributed by atoms with Crippen LogP contribution in [0.4, 0.5) is 0 Å². The maximum atomic E-state index is 5.76. The molecule has 0 saturated carbocycles. The predicted octanol–water partition coefficient (Wildman–Crippen LogP) is 1.78. The molecule has 0 atom stereocenters. The summed E-state index contributed by atoms with van der Waals surface area (Å²) in [5, 5.41) is 0. The highest BCUT2D eigenvalue weighted by atomic mass is 28.5. The monoisotopic (exact) mass is 346 g/mol. The van der Waals surface area contributed by atoms with Crippen molar-refractivity contribution in [2.75, 3.05) is 42.7 Å². The van der Waals surface area contributed by atoms with Gasteiger partial charge in [-0.1, -0.05) is 30.3 Å². The lowest BCUT2D eigenvalue weighted by molar-refractivity contribution is 0.0594. The van der Waals surface area contributed by atoms with Crippen molar-refractivity contribution in [3.8, 4) is 0 Å². The molecule has 0 N–H and O–H groups in total. The van der Waals surface area contributed by atoms with E-state index in [1.54, 1.807) is 42.7 Å². The van der Waals surface area contributed by atoms with Crippen LogP contribution in [0.5, 0.6) is 0 Å². The second kappa shape index (κ2) is 7.80. The first-order valence-electron chi connectivity index (χ1n) is 6.83. The van der Waals surface area contributed by atoms with Gasteiger partial charge in [0.1, 0.15) is 4.66 Å². The van der Waals surface area contributed by atoms with Gasteiger partial charge in [-0.15, -0.1) is 0 Å². The molecule has 6 nitrogen and oxygen atoms in total. The number of rotatable bonds is 9. The molecule has 1 rings (SSSR count). The molecule has 0 aliphatic rings. The van der Waals surface area contributed by atoms with Gasteiger partial charge in [0.2, 0.25) is 0 Å². The molecule has 0 aliphatic carbocycles. The van der Waals surface area contributed by atoms with Crippen LogP contribution >= 0.6 is 0 Å². The Labute approximate surface area is 135 Å². The van der Waals surface area contributed by atoms with Crippen molar-refractivity contribution in [3.63, 3.8) is 0 Å². The molecule has 8 heteroatoms. The van der Waals surface area contributed by atoms with Crippen molar-refractivity contribution in [1.29, 1.82) is 0 Å². The summed E-state index contributed by atoms with van der Waals surface area (Å²) in [4.78, 5) is 0. The van der Waals surface area contributed by atoms with E-state index in [9.17, 15) is 0 Å². The van der Waals surface area contributed by atoms with Crippen molar-refractivity contribution >= 4 is 17.6 Å². The topological polar surface area (TPSA) is 55.4 Å². The summed E-state index contributed by atoms with van der Waals surface area (Å²) in [6, 6.07) is 9.76. The van der Waals surface area contributed by atoms with Crippen molar-refractivity contribution in [1.82, 2.24) is 0 Å². The molecule has 0 spiro atoms. The third kappa shape index (κ3) is 2.70. The molecular weight excluding hydrogens is 320 g/mol. The second-order valence-electron chi connectivity index (χ2n) is 4.83. The average molecular weight is 347 g/mol. The summed E-state index contributed by atoms with van der Waals surface area (Å²) in [6.45, 7) is 1.95. The lowest BCUT2D eigenvalue weighted by Gasteiger charge is -2.47. The standard InChI is InChI=1S/C14H26O6Si2/c1-14(13-11-9-8-10-12-13,21(15-2,16-3)17-4)22(18-5,19-6)20-7/h8-12H,1-7H3. The van der Waals surface area contributed by atoms with E-state index in [2.05, 4.69) is 0 Å².